The van der Waals surface area contributed by atoms with Crippen LogP contribution in [0.5, 0.6) is 5.75 Å². The molecule has 1 saturated heterocycles. The van der Waals surface area contributed by atoms with E-state index < -0.39 is 101 Å². The number of methoxy groups -OCH3 is 1. The molecule has 0 unspecified atom stereocenters. The van der Waals surface area contributed by atoms with Crippen LogP contribution in [0.25, 0.3) is 11.0 Å². The maximum absolute atomic E-state index is 13.7. The zero-order chi connectivity index (χ0) is 38.1. The van der Waals surface area contributed by atoms with Crippen LogP contribution >= 0.6 is 35.3 Å². The van der Waals surface area contributed by atoms with Gasteiger partial charge in [-0.25, -0.2) is 0 Å². The number of aromatic nitrogens is 2. The number of thiocarbonyl (C=S) groups is 1. The Hall–Kier alpha value is -4.24. The number of anilines is 1. The number of carbonyl (C=O) groups is 4. The molecule has 0 bridgehead atoms. The van der Waals surface area contributed by atoms with Gasteiger partial charge in [0.2, 0.25) is 0 Å². The molecular formula is C29H26N4O14S4Te. The number of carboxylic acid groups (broad SMARTS) is 3. The van der Waals surface area contributed by atoms with E-state index in [-0.39, 0.29) is 25.7 Å². The molecule has 3 aromatic rings. The normalized spacial score (nSPS) is 17.3. The molecule has 18 nitrogen and oxygen atoms in total. The number of nitrogens with zero attached hydrogens (tertiary/aromatic N) is 4. The molecule has 4 N–H and O–H groups in total. The second-order valence-corrected chi connectivity index (χ2v) is 18.1. The Kier molecular flexibility index (Phi) is 11.8. The van der Waals surface area contributed by atoms with Crippen LogP contribution in [-0.2, 0) is 42.4 Å². The van der Waals surface area contributed by atoms with Crippen LogP contribution in [0, 0.1) is 10.1 Å². The maximum atomic E-state index is 13.7. The number of oxazole rings is 1. The second-order valence-electron chi connectivity index (χ2n) is 10.8. The predicted octanol–water partition coefficient (Wildman–Crippen LogP) is -1.68. The van der Waals surface area contributed by atoms with E-state index in [1.165, 1.54) is 13.2 Å². The molecule has 52 heavy (non-hydrogen) atoms. The fourth-order valence-electron chi connectivity index (χ4n) is 5.04. The molecule has 4 heterocycles. The van der Waals surface area contributed by atoms with Crippen LogP contribution in [0.4, 0.5) is 5.69 Å². The molecule has 2 aliphatic heterocycles. The molecule has 2 aromatic heterocycles. The van der Waals surface area contributed by atoms with Crippen molar-refractivity contribution in [2.75, 3.05) is 30.9 Å². The van der Waals surface area contributed by atoms with Crippen molar-refractivity contribution in [2.45, 2.75) is 25.9 Å². The van der Waals surface area contributed by atoms with Crippen LogP contribution in [0.2, 0.25) is 0 Å². The third kappa shape index (κ3) is 8.52. The van der Waals surface area contributed by atoms with Crippen molar-refractivity contribution in [2.24, 2.45) is 0 Å². The number of carbonyl (C=O) groups excluding carboxylic acids is 1. The molecule has 1 aromatic carbocycles. The Balaban J connectivity index is 1.70. The van der Waals surface area contributed by atoms with Gasteiger partial charge < -0.3 is 5.11 Å². The molecule has 2 aliphatic rings. The molecule has 0 spiro atoms. The summed E-state index contributed by atoms with van der Waals surface area (Å²) in [4.78, 5) is 77.7. The molecule has 0 aliphatic carbocycles. The minimum absolute atomic E-state index is 0.152. The van der Waals surface area contributed by atoms with Crippen LogP contribution < -0.4 is 34.4 Å². The quantitative estimate of drug-likeness (QED) is 0.0647. The molecule has 1 amide bonds. The van der Waals surface area contributed by atoms with Gasteiger partial charge in [0.25, 0.3) is 0 Å². The van der Waals surface area contributed by atoms with E-state index in [0.717, 1.165) is 17.9 Å². The van der Waals surface area contributed by atoms with E-state index in [9.17, 15) is 52.5 Å². The number of aliphatic carboxylic acids is 3. The summed E-state index contributed by atoms with van der Waals surface area (Å²) in [5, 5.41) is 28.4. The third-order valence-corrected chi connectivity index (χ3v) is 14.0. The van der Waals surface area contributed by atoms with Gasteiger partial charge >= 0.3 is 288 Å². The van der Waals surface area contributed by atoms with Gasteiger partial charge in [0.05, 0.1) is 0 Å². The van der Waals surface area contributed by atoms with E-state index in [0.29, 0.717) is 50.9 Å². The van der Waals surface area contributed by atoms with Crippen LogP contribution in [0.1, 0.15) is 12.8 Å². The van der Waals surface area contributed by atoms with Gasteiger partial charge in [0.15, 0.2) is 0 Å². The number of carboxylic acids is 3. The molecule has 0 saturated carbocycles. The summed E-state index contributed by atoms with van der Waals surface area (Å²) in [6.07, 6.45) is 3.44. The fraction of sp³-hybridized carbons (Fsp3) is 0.276. The molecule has 0 atom stereocenters. The van der Waals surface area contributed by atoms with Crippen molar-refractivity contribution in [3.05, 3.63) is 68.9 Å². The van der Waals surface area contributed by atoms with Gasteiger partial charge in [-0.2, -0.15) is 0 Å². The zero-order valence-electron chi connectivity index (χ0n) is 26.5. The standard InChI is InChI=1S/C29H26N4O14S4Te/c1-46-14-4-6-17-15(10-14)30(8-2-3-9-51(43,44)45)18(52-17)7-5-16-24(40)31(11-19(34)35)27(47-16)22-25(41)32(12-20(36)37)28(49-22)23-26(42)33(13-21(38)39)29(48)50-23/h4-7,10H,2-3,8-9,11-13H2,1H3,(H,34,35)(H,36,37)(H,38,39)(H,43,44,45)/b16-5-,18-7+,27-22+,28-23+. The monoisotopic (exact) mass is 912 g/mol. The Labute approximate surface area is 315 Å². The number of fused-ring (bicyclic) bond motifs is 1. The first-order valence-corrected chi connectivity index (χ1v) is 20.6. The average Bonchev–Trinajstić information content (AvgIpc) is 3.75. The van der Waals surface area contributed by atoms with Crippen LogP contribution in [0.15, 0.2) is 42.0 Å². The van der Waals surface area contributed by atoms with Crippen LogP contribution in [-0.4, -0.2) is 117 Å². The van der Waals surface area contributed by atoms with E-state index in [4.69, 9.17) is 25.9 Å². The predicted molar refractivity (Wildman–Crippen MR) is 191 cm³/mol. The number of hydrogen-bond acceptors (Lipinski definition) is 14. The SMILES string of the molecule is COc1ccc2c(c1)N(CCCCS(=O)(=O)O)/C(=C\C=c1/o/c(=c3/s/c(=C4/SC(=S)N(CC(=O)O)C4=O)n(CC(=O)O)c3=O)n(CC(=O)O)c1=O)[Te]2. The summed E-state index contributed by atoms with van der Waals surface area (Å²) in [7, 11) is -2.66. The fourth-order valence-corrected chi connectivity index (χ4v) is 11.2. The van der Waals surface area contributed by atoms with Gasteiger partial charge in [-0.3, -0.25) is 4.79 Å². The molecular weight excluding hydrogens is 884 g/mol. The summed E-state index contributed by atoms with van der Waals surface area (Å²) >= 11 is 5.24. The van der Waals surface area contributed by atoms with Gasteiger partial charge in [0.1, 0.15) is 6.54 Å². The first-order valence-electron chi connectivity index (χ1n) is 14.7. The summed E-state index contributed by atoms with van der Waals surface area (Å²) in [5.41, 5.74) is -2.04. The molecule has 5 rings (SSSR count). The van der Waals surface area contributed by atoms with E-state index in [1.54, 1.807) is 12.1 Å². The summed E-state index contributed by atoms with van der Waals surface area (Å²) in [5.74, 6) is -5.06. The number of hydrogen-bond donors (Lipinski definition) is 4. The number of allylic oxidation sites excluding steroid dienone is 1. The Bertz CT molecular complexity index is 2520. The Morgan fingerprint density at radius 3 is 2.27 bits per heavy atom. The molecule has 23 heteroatoms. The molecule has 1 fully saturated rings. The van der Waals surface area contributed by atoms with Crippen molar-refractivity contribution < 1.29 is 56.6 Å². The van der Waals surface area contributed by atoms with Crippen LogP contribution in [0.3, 0.4) is 0 Å². The molecule has 0 radical (unpaired) electrons. The van der Waals surface area contributed by atoms with Gasteiger partial charge in [-0.1, -0.05) is 12.2 Å². The number of ether oxygens (including phenoxy) is 1. The topological polar surface area (TPSA) is 256 Å². The number of rotatable bonds is 13. The number of amides is 1. The Morgan fingerprint density at radius 1 is 0.962 bits per heavy atom. The third-order valence-electron chi connectivity index (χ3n) is 7.26. The first-order chi connectivity index (χ1) is 24.5. The van der Waals surface area contributed by atoms with Crippen molar-refractivity contribution >= 4 is 115 Å². The van der Waals surface area contributed by atoms with Crippen molar-refractivity contribution in [1.29, 1.82) is 0 Å². The summed E-state index contributed by atoms with van der Waals surface area (Å²) in [6.45, 7) is -2.34. The summed E-state index contributed by atoms with van der Waals surface area (Å²) < 4.78 is 45.2. The van der Waals surface area contributed by atoms with Crippen molar-refractivity contribution in [3.8, 4) is 5.75 Å². The number of unbranched alkanes of at least 4 members (excludes halogenated alkanes) is 1. The first kappa shape index (κ1) is 39.0. The van der Waals surface area contributed by atoms with E-state index in [1.807, 2.05) is 17.0 Å². The zero-order valence-corrected chi connectivity index (χ0v) is 32.1. The van der Waals surface area contributed by atoms with E-state index >= 15 is 0 Å². The van der Waals surface area contributed by atoms with Gasteiger partial charge in [-0.05, 0) is 0 Å². The second kappa shape index (κ2) is 15.8. The summed E-state index contributed by atoms with van der Waals surface area (Å²) in [6, 6.07) is 5.49. The van der Waals surface area contributed by atoms with Gasteiger partial charge in [0, 0.05) is 0 Å². The number of thioether (sulfide) groups is 1. The number of benzene rings is 1. The van der Waals surface area contributed by atoms with Gasteiger partial charge in [-0.15, -0.1) is 0 Å². The average molecular weight is 910 g/mol. The van der Waals surface area contributed by atoms with Crippen molar-refractivity contribution in [1.82, 2.24) is 14.0 Å². The Morgan fingerprint density at radius 2 is 1.63 bits per heavy atom. The molecule has 276 valence electrons. The minimum atomic E-state index is -4.16. The van der Waals surface area contributed by atoms with E-state index in [2.05, 4.69) is 0 Å². The van der Waals surface area contributed by atoms with Crippen molar-refractivity contribution in [3.63, 3.8) is 0 Å². The number of thiazole rings is 1.